The molecular weight excluding hydrogens is 347 g/mol. The van der Waals surface area contributed by atoms with Crippen LogP contribution in [0.4, 0.5) is 4.39 Å². The molecule has 3 rings (SSSR count). The minimum absolute atomic E-state index is 0.0175. The van der Waals surface area contributed by atoms with Crippen molar-refractivity contribution < 1.29 is 19.1 Å². The molecule has 0 spiro atoms. The van der Waals surface area contributed by atoms with Crippen molar-refractivity contribution in [1.29, 1.82) is 0 Å². The average Bonchev–Trinajstić information content (AvgIpc) is 3.07. The highest BCUT2D eigenvalue weighted by Gasteiger charge is 2.34. The number of hydrogen-bond donors (Lipinski definition) is 0. The van der Waals surface area contributed by atoms with Gasteiger partial charge in [-0.2, -0.15) is 5.10 Å². The maximum atomic E-state index is 14.3. The lowest BCUT2D eigenvalue weighted by molar-refractivity contribution is -0.305. The zero-order valence-corrected chi connectivity index (χ0v) is 15.0. The van der Waals surface area contributed by atoms with Gasteiger partial charge in [0.25, 0.3) is 0 Å². The average molecular weight is 367 g/mol. The Balaban J connectivity index is 1.87. The van der Waals surface area contributed by atoms with E-state index in [1.165, 1.54) is 11.1 Å². The monoisotopic (exact) mass is 367 g/mol. The number of hydrogen-bond acceptors (Lipinski definition) is 4. The highest BCUT2D eigenvalue weighted by molar-refractivity contribution is 6.03. The molecule has 140 valence electrons. The summed E-state index contributed by atoms with van der Waals surface area (Å²) in [6, 6.07) is 13.6. The third-order valence-electron chi connectivity index (χ3n) is 4.59. The maximum Gasteiger partial charge on any atom is 0.243 e. The topological polar surface area (TPSA) is 72.8 Å². The third-order valence-corrected chi connectivity index (χ3v) is 4.59. The van der Waals surface area contributed by atoms with Crippen molar-refractivity contribution in [1.82, 2.24) is 5.01 Å². The van der Waals surface area contributed by atoms with E-state index < -0.39 is 17.8 Å². The van der Waals surface area contributed by atoms with Crippen molar-refractivity contribution in [3.63, 3.8) is 0 Å². The first-order valence-corrected chi connectivity index (χ1v) is 8.86. The van der Waals surface area contributed by atoms with Gasteiger partial charge in [0, 0.05) is 24.4 Å². The fourth-order valence-electron chi connectivity index (χ4n) is 3.15. The predicted molar refractivity (Wildman–Crippen MR) is 97.2 cm³/mol. The van der Waals surface area contributed by atoms with Crippen LogP contribution in [0.1, 0.15) is 48.4 Å². The minimum Gasteiger partial charge on any atom is -0.550 e. The molecule has 0 unspecified atom stereocenters. The van der Waals surface area contributed by atoms with Gasteiger partial charge in [0.05, 0.1) is 11.8 Å². The molecule has 1 heterocycles. The first-order chi connectivity index (χ1) is 13.0. The van der Waals surface area contributed by atoms with Gasteiger partial charge in [0.1, 0.15) is 5.82 Å². The number of amides is 1. The number of carbonyl (C=O) groups excluding carboxylic acids is 2. The summed E-state index contributed by atoms with van der Waals surface area (Å²) in [7, 11) is 0. The number of aliphatic carboxylic acids is 1. The zero-order chi connectivity index (χ0) is 19.4. The molecule has 0 N–H and O–H groups in total. The Kier molecular flexibility index (Phi) is 5.64. The van der Waals surface area contributed by atoms with E-state index in [-0.39, 0.29) is 25.2 Å². The summed E-state index contributed by atoms with van der Waals surface area (Å²) in [5.74, 6) is -1.92. The van der Waals surface area contributed by atoms with Crippen LogP contribution in [0.5, 0.6) is 0 Å². The van der Waals surface area contributed by atoms with Crippen LogP contribution in [0.25, 0.3) is 0 Å². The van der Waals surface area contributed by atoms with Crippen molar-refractivity contribution in [2.75, 3.05) is 0 Å². The lowest BCUT2D eigenvalue weighted by Crippen LogP contribution is -2.28. The molecule has 1 aliphatic heterocycles. The van der Waals surface area contributed by atoms with Crippen LogP contribution in [0, 0.1) is 12.7 Å². The molecule has 1 amide bonds. The molecule has 0 aromatic heterocycles. The standard InChI is InChI=1S/C21H21FN2O3/c1-14-9-11-15(12-10-14)18-13-19(16-5-2-3-6-17(16)22)24(23-18)20(25)7-4-8-21(26)27/h2-3,5-6,9-12,19H,4,7-8,13H2,1H3,(H,26,27)/p-1/t19-/m0/s1. The second kappa shape index (κ2) is 8.12. The number of halogens is 1. The summed E-state index contributed by atoms with van der Waals surface area (Å²) in [6.45, 7) is 1.98. The summed E-state index contributed by atoms with van der Waals surface area (Å²) in [6.07, 6.45) is 0.384. The third kappa shape index (κ3) is 4.39. The lowest BCUT2D eigenvalue weighted by atomic mass is 9.97. The van der Waals surface area contributed by atoms with Gasteiger partial charge in [-0.25, -0.2) is 9.40 Å². The quantitative estimate of drug-likeness (QED) is 0.788. The smallest absolute Gasteiger partial charge is 0.243 e. The van der Waals surface area contributed by atoms with Crippen LogP contribution in [0.15, 0.2) is 53.6 Å². The minimum atomic E-state index is -1.20. The van der Waals surface area contributed by atoms with Gasteiger partial charge >= 0.3 is 0 Å². The van der Waals surface area contributed by atoms with Crippen LogP contribution < -0.4 is 5.11 Å². The Labute approximate surface area is 157 Å². The van der Waals surface area contributed by atoms with Crippen molar-refractivity contribution in [3.05, 3.63) is 71.0 Å². The summed E-state index contributed by atoms with van der Waals surface area (Å²) in [5, 5.41) is 16.3. The van der Waals surface area contributed by atoms with Gasteiger partial charge in [0.15, 0.2) is 0 Å². The van der Waals surface area contributed by atoms with E-state index in [0.29, 0.717) is 17.7 Å². The second-order valence-electron chi connectivity index (χ2n) is 6.62. The summed E-state index contributed by atoms with van der Waals surface area (Å²) < 4.78 is 14.3. The highest BCUT2D eigenvalue weighted by atomic mass is 19.1. The van der Waals surface area contributed by atoms with Crippen LogP contribution in [0.3, 0.4) is 0 Å². The van der Waals surface area contributed by atoms with Crippen LogP contribution in [-0.4, -0.2) is 22.6 Å². The Hall–Kier alpha value is -3.02. The van der Waals surface area contributed by atoms with Gasteiger partial charge in [-0.3, -0.25) is 4.79 Å². The van der Waals surface area contributed by atoms with Gasteiger partial charge in [-0.05, 0) is 31.4 Å². The molecule has 6 heteroatoms. The molecule has 0 aliphatic carbocycles. The van der Waals surface area contributed by atoms with Gasteiger partial charge in [0.2, 0.25) is 5.91 Å². The molecule has 0 fully saturated rings. The number of carboxylic acid groups (broad SMARTS) is 1. The number of benzene rings is 2. The first-order valence-electron chi connectivity index (χ1n) is 8.86. The number of carbonyl (C=O) groups is 2. The van der Waals surface area contributed by atoms with Crippen molar-refractivity contribution in [3.8, 4) is 0 Å². The summed E-state index contributed by atoms with van der Waals surface area (Å²) in [5.41, 5.74) is 3.10. The normalized spacial score (nSPS) is 16.3. The van der Waals surface area contributed by atoms with Crippen LogP contribution in [-0.2, 0) is 9.59 Å². The molecular formula is C21H20FN2O3-. The van der Waals surface area contributed by atoms with E-state index in [1.807, 2.05) is 31.2 Å². The predicted octanol–water partition coefficient (Wildman–Crippen LogP) is 2.73. The van der Waals surface area contributed by atoms with Crippen molar-refractivity contribution >= 4 is 17.6 Å². The molecule has 0 saturated carbocycles. The van der Waals surface area contributed by atoms with E-state index in [9.17, 15) is 19.1 Å². The summed E-state index contributed by atoms with van der Waals surface area (Å²) >= 11 is 0. The van der Waals surface area contributed by atoms with Gasteiger partial charge < -0.3 is 9.90 Å². The van der Waals surface area contributed by atoms with E-state index in [1.54, 1.807) is 18.2 Å². The van der Waals surface area contributed by atoms with Crippen molar-refractivity contribution in [2.45, 2.75) is 38.6 Å². The molecule has 0 bridgehead atoms. The van der Waals surface area contributed by atoms with Gasteiger partial charge in [-0.15, -0.1) is 0 Å². The number of carboxylic acids is 1. The maximum absolute atomic E-state index is 14.3. The first kappa shape index (κ1) is 18.8. The molecule has 1 aliphatic rings. The number of hydrazone groups is 1. The number of nitrogens with zero attached hydrogens (tertiary/aromatic N) is 2. The Morgan fingerprint density at radius 3 is 2.52 bits per heavy atom. The lowest BCUT2D eigenvalue weighted by Gasteiger charge is -2.22. The van der Waals surface area contributed by atoms with E-state index in [2.05, 4.69) is 5.10 Å². The van der Waals surface area contributed by atoms with Gasteiger partial charge in [-0.1, -0.05) is 48.0 Å². The van der Waals surface area contributed by atoms with E-state index in [0.717, 1.165) is 11.1 Å². The fourth-order valence-corrected chi connectivity index (χ4v) is 3.15. The van der Waals surface area contributed by atoms with E-state index in [4.69, 9.17) is 0 Å². The molecule has 2 aromatic rings. The van der Waals surface area contributed by atoms with Crippen LogP contribution >= 0.6 is 0 Å². The Bertz CT molecular complexity index is 877. The van der Waals surface area contributed by atoms with Crippen LogP contribution in [0.2, 0.25) is 0 Å². The molecule has 2 aromatic carbocycles. The largest absolute Gasteiger partial charge is 0.550 e. The molecule has 5 nitrogen and oxygen atoms in total. The number of aryl methyl sites for hydroxylation is 1. The number of rotatable bonds is 6. The zero-order valence-electron chi connectivity index (χ0n) is 15.0. The van der Waals surface area contributed by atoms with Crippen molar-refractivity contribution in [2.24, 2.45) is 5.10 Å². The highest BCUT2D eigenvalue weighted by Crippen LogP contribution is 2.34. The fraction of sp³-hybridized carbons (Fsp3) is 0.286. The second-order valence-corrected chi connectivity index (χ2v) is 6.62. The molecule has 0 radical (unpaired) electrons. The molecule has 0 saturated heterocycles. The Morgan fingerprint density at radius 1 is 1.15 bits per heavy atom. The Morgan fingerprint density at radius 2 is 1.85 bits per heavy atom. The SMILES string of the molecule is Cc1ccc(C2=NN(C(=O)CCCC(=O)[O-])[C@H](c3ccccc3F)C2)cc1. The van der Waals surface area contributed by atoms with E-state index >= 15 is 0 Å². The molecule has 27 heavy (non-hydrogen) atoms. The summed E-state index contributed by atoms with van der Waals surface area (Å²) in [4.78, 5) is 23.2. The molecule has 1 atom stereocenters.